The van der Waals surface area contributed by atoms with Crippen molar-refractivity contribution in [2.45, 2.75) is 84.3 Å². The molecule has 0 radical (unpaired) electrons. The van der Waals surface area contributed by atoms with Crippen molar-refractivity contribution in [2.75, 3.05) is 6.54 Å². The van der Waals surface area contributed by atoms with Crippen molar-refractivity contribution in [3.63, 3.8) is 0 Å². The Labute approximate surface area is 238 Å². The number of rotatable bonds is 15. The number of carboxylic acids is 1. The van der Waals surface area contributed by atoms with Crippen molar-refractivity contribution < 1.29 is 24.2 Å². The van der Waals surface area contributed by atoms with E-state index >= 15 is 0 Å². The number of carbonyl (C=O) groups is 2. The summed E-state index contributed by atoms with van der Waals surface area (Å²) in [6.07, 6.45) is 5.16. The van der Waals surface area contributed by atoms with Crippen LogP contribution >= 0.6 is 0 Å². The van der Waals surface area contributed by atoms with Crippen LogP contribution in [-0.2, 0) is 16.8 Å². The zero-order valence-corrected chi connectivity index (χ0v) is 24.2. The van der Waals surface area contributed by atoms with Crippen molar-refractivity contribution in [2.24, 2.45) is 0 Å². The molecule has 1 unspecified atom stereocenters. The molecule has 0 aliphatic carbocycles. The average Bonchev–Trinajstić information content (AvgIpc) is 2.94. The third-order valence-electron chi connectivity index (χ3n) is 6.82. The highest BCUT2D eigenvalue weighted by Crippen LogP contribution is 2.29. The fourth-order valence-electron chi connectivity index (χ4n) is 4.33. The van der Waals surface area contributed by atoms with E-state index in [1.54, 1.807) is 12.1 Å². The first kappa shape index (κ1) is 30.7. The number of hydrogen-bond donors (Lipinski definition) is 2. The minimum atomic E-state index is -0.941. The van der Waals surface area contributed by atoms with Gasteiger partial charge in [0.25, 0.3) is 5.91 Å². The van der Waals surface area contributed by atoms with Crippen molar-refractivity contribution in [3.8, 4) is 11.5 Å². The van der Waals surface area contributed by atoms with Gasteiger partial charge in [-0.15, -0.1) is 0 Å². The summed E-state index contributed by atoms with van der Waals surface area (Å²) in [6.45, 7) is 9.42. The lowest BCUT2D eigenvalue weighted by Gasteiger charge is -2.20. The number of hydrogen-bond acceptors (Lipinski definition) is 4. The Hall–Kier alpha value is -3.80. The highest BCUT2D eigenvalue weighted by Gasteiger charge is 2.16. The summed E-state index contributed by atoms with van der Waals surface area (Å²) in [5.74, 6) is 0.320. The number of nitrogens with one attached hydrogen (secondary N) is 1. The Kier molecular flexibility index (Phi) is 11.6. The number of benzene rings is 3. The molecule has 0 aromatic heterocycles. The van der Waals surface area contributed by atoms with Crippen LogP contribution in [0.4, 0.5) is 0 Å². The van der Waals surface area contributed by atoms with Gasteiger partial charge in [0.1, 0.15) is 24.2 Å². The molecule has 0 saturated heterocycles. The molecule has 0 aliphatic heterocycles. The highest BCUT2D eigenvalue weighted by atomic mass is 16.5. The second kappa shape index (κ2) is 15.1. The van der Waals surface area contributed by atoms with Crippen molar-refractivity contribution in [3.05, 3.63) is 95.1 Å². The van der Waals surface area contributed by atoms with Gasteiger partial charge in [-0.2, -0.15) is 0 Å². The van der Waals surface area contributed by atoms with Crippen LogP contribution in [0.2, 0.25) is 0 Å². The number of carboxylic acid groups (broad SMARTS) is 1. The van der Waals surface area contributed by atoms with Crippen LogP contribution in [0.15, 0.2) is 72.8 Å². The molecule has 2 N–H and O–H groups in total. The van der Waals surface area contributed by atoms with Crippen LogP contribution in [0.5, 0.6) is 11.5 Å². The zero-order valence-electron chi connectivity index (χ0n) is 24.2. The van der Waals surface area contributed by atoms with Gasteiger partial charge in [0.15, 0.2) is 0 Å². The molecular weight excluding hydrogens is 502 g/mol. The van der Waals surface area contributed by atoms with E-state index in [1.807, 2.05) is 36.4 Å². The predicted octanol–water partition coefficient (Wildman–Crippen LogP) is 7.86. The van der Waals surface area contributed by atoms with Crippen molar-refractivity contribution in [1.29, 1.82) is 0 Å². The number of unbranched alkanes of at least 4 members (excludes halogenated alkanes) is 3. The molecular formula is C34H43NO5. The number of amides is 1. The lowest BCUT2D eigenvalue weighted by Crippen LogP contribution is -2.26. The standard InChI is InChI=1S/C34H43NO5/c1-5-6-7-8-9-31(26-12-14-27(15-13-26)33(38)35-23-22-32(36)37)40-30-20-18-29(19-21-30)39-24-25-10-16-28(17-11-25)34(2,3)4/h10-21,31H,5-9,22-24H2,1-4H3,(H,35,38)(H,36,37). The molecule has 0 spiro atoms. The van der Waals surface area contributed by atoms with Crippen LogP contribution in [0.1, 0.15) is 99.4 Å². The summed E-state index contributed by atoms with van der Waals surface area (Å²) >= 11 is 0. The summed E-state index contributed by atoms with van der Waals surface area (Å²) < 4.78 is 12.4. The van der Waals surface area contributed by atoms with Crippen LogP contribution in [0, 0.1) is 0 Å². The Morgan fingerprint density at radius 2 is 1.50 bits per heavy atom. The van der Waals surface area contributed by atoms with E-state index in [4.69, 9.17) is 14.6 Å². The summed E-state index contributed by atoms with van der Waals surface area (Å²) in [6, 6.07) is 23.6. The Morgan fingerprint density at radius 1 is 0.850 bits per heavy atom. The summed E-state index contributed by atoms with van der Waals surface area (Å²) in [4.78, 5) is 23.0. The van der Waals surface area contributed by atoms with Crippen LogP contribution in [0.3, 0.4) is 0 Å². The highest BCUT2D eigenvalue weighted by molar-refractivity contribution is 5.94. The van der Waals surface area contributed by atoms with E-state index in [0.29, 0.717) is 12.2 Å². The van der Waals surface area contributed by atoms with Gasteiger partial charge in [0.2, 0.25) is 0 Å². The molecule has 1 atom stereocenters. The maximum Gasteiger partial charge on any atom is 0.305 e. The number of carbonyl (C=O) groups excluding carboxylic acids is 1. The minimum Gasteiger partial charge on any atom is -0.489 e. The quantitative estimate of drug-likeness (QED) is 0.190. The largest absolute Gasteiger partial charge is 0.489 e. The van der Waals surface area contributed by atoms with Gasteiger partial charge in [-0.1, -0.05) is 83.4 Å². The van der Waals surface area contributed by atoms with E-state index < -0.39 is 5.97 Å². The molecule has 214 valence electrons. The normalized spacial score (nSPS) is 12.0. The number of aliphatic carboxylic acids is 1. The Balaban J connectivity index is 1.61. The van der Waals surface area contributed by atoms with E-state index in [1.165, 1.54) is 18.4 Å². The van der Waals surface area contributed by atoms with Gasteiger partial charge in [-0.05, 0) is 71.3 Å². The van der Waals surface area contributed by atoms with Crippen LogP contribution in [-0.4, -0.2) is 23.5 Å². The maximum atomic E-state index is 12.3. The second-order valence-corrected chi connectivity index (χ2v) is 11.2. The molecule has 0 bridgehead atoms. The second-order valence-electron chi connectivity index (χ2n) is 11.2. The third kappa shape index (κ3) is 10.1. The van der Waals surface area contributed by atoms with Crippen LogP contribution < -0.4 is 14.8 Å². The molecule has 6 heteroatoms. The van der Waals surface area contributed by atoms with Crippen LogP contribution in [0.25, 0.3) is 0 Å². The molecule has 1 amide bonds. The summed E-state index contributed by atoms with van der Waals surface area (Å²) in [7, 11) is 0. The molecule has 0 heterocycles. The predicted molar refractivity (Wildman–Crippen MR) is 159 cm³/mol. The number of ether oxygens (including phenoxy) is 2. The molecule has 3 aromatic rings. The van der Waals surface area contributed by atoms with E-state index in [-0.39, 0.29) is 30.4 Å². The van der Waals surface area contributed by atoms with E-state index in [9.17, 15) is 9.59 Å². The fourth-order valence-corrected chi connectivity index (χ4v) is 4.33. The van der Waals surface area contributed by atoms with Gasteiger partial charge in [0, 0.05) is 12.1 Å². The first-order chi connectivity index (χ1) is 19.2. The topological polar surface area (TPSA) is 84.9 Å². The lowest BCUT2D eigenvalue weighted by atomic mass is 9.87. The molecule has 0 saturated carbocycles. The van der Waals surface area contributed by atoms with Crippen molar-refractivity contribution in [1.82, 2.24) is 5.32 Å². The average molecular weight is 546 g/mol. The molecule has 6 nitrogen and oxygen atoms in total. The van der Waals surface area contributed by atoms with Gasteiger partial charge in [-0.25, -0.2) is 0 Å². The maximum absolute atomic E-state index is 12.3. The van der Waals surface area contributed by atoms with Gasteiger partial charge < -0.3 is 19.9 Å². The summed E-state index contributed by atoms with van der Waals surface area (Å²) in [5.41, 5.74) is 4.05. The minimum absolute atomic E-state index is 0.0995. The smallest absolute Gasteiger partial charge is 0.305 e. The summed E-state index contributed by atoms with van der Waals surface area (Å²) in [5, 5.41) is 11.4. The molecule has 3 aromatic carbocycles. The molecule has 0 aliphatic rings. The third-order valence-corrected chi connectivity index (χ3v) is 6.82. The zero-order chi connectivity index (χ0) is 29.0. The SMILES string of the molecule is CCCCCCC(Oc1ccc(OCc2ccc(C(C)(C)C)cc2)cc1)c1ccc(C(=O)NCCC(=O)O)cc1. The first-order valence-corrected chi connectivity index (χ1v) is 14.2. The monoisotopic (exact) mass is 545 g/mol. The Bertz CT molecular complexity index is 1200. The molecule has 40 heavy (non-hydrogen) atoms. The molecule has 3 rings (SSSR count). The van der Waals surface area contributed by atoms with Gasteiger partial charge in [-0.3, -0.25) is 9.59 Å². The van der Waals surface area contributed by atoms with Gasteiger partial charge in [0.05, 0.1) is 6.42 Å². The Morgan fingerprint density at radius 3 is 2.10 bits per heavy atom. The lowest BCUT2D eigenvalue weighted by molar-refractivity contribution is -0.136. The van der Waals surface area contributed by atoms with Gasteiger partial charge >= 0.3 is 5.97 Å². The fraction of sp³-hybridized carbons (Fsp3) is 0.412. The first-order valence-electron chi connectivity index (χ1n) is 14.2. The van der Waals surface area contributed by atoms with E-state index in [0.717, 1.165) is 41.9 Å². The van der Waals surface area contributed by atoms with Crippen molar-refractivity contribution >= 4 is 11.9 Å². The molecule has 0 fully saturated rings. The van der Waals surface area contributed by atoms with E-state index in [2.05, 4.69) is 57.3 Å².